The number of rotatable bonds is 6. The number of benzene rings is 1. The maximum Gasteiger partial charge on any atom is 0.340 e. The highest BCUT2D eigenvalue weighted by Gasteiger charge is 2.20. The van der Waals surface area contributed by atoms with E-state index < -0.39 is 23.8 Å². The average molecular weight is 295 g/mol. The van der Waals surface area contributed by atoms with Crippen molar-refractivity contribution in [3.63, 3.8) is 0 Å². The summed E-state index contributed by atoms with van der Waals surface area (Å²) in [7, 11) is 2.67. The average Bonchev–Trinajstić information content (AvgIpc) is 2.46. The van der Waals surface area contributed by atoms with Crippen LogP contribution in [0.3, 0.4) is 0 Å². The molecule has 0 aliphatic carbocycles. The zero-order valence-electron chi connectivity index (χ0n) is 12.0. The molecule has 21 heavy (non-hydrogen) atoms. The molecule has 1 atom stereocenters. The van der Waals surface area contributed by atoms with E-state index in [1.54, 1.807) is 6.07 Å². The number of amides is 1. The van der Waals surface area contributed by atoms with E-state index in [-0.39, 0.29) is 17.7 Å². The number of carbonyl (C=O) groups is 3. The first-order valence-corrected chi connectivity index (χ1v) is 6.18. The number of hydrogen-bond acceptors (Lipinski definition) is 5. The van der Waals surface area contributed by atoms with Crippen LogP contribution in [0.5, 0.6) is 5.75 Å². The second-order valence-corrected chi connectivity index (χ2v) is 4.39. The quantitative estimate of drug-likeness (QED) is 0.772. The number of methoxy groups -OCH3 is 2. The van der Waals surface area contributed by atoms with Gasteiger partial charge in [-0.05, 0) is 18.2 Å². The van der Waals surface area contributed by atoms with Gasteiger partial charge in [-0.3, -0.25) is 9.59 Å². The number of esters is 1. The molecule has 0 bridgehead atoms. The van der Waals surface area contributed by atoms with Gasteiger partial charge in [-0.25, -0.2) is 4.79 Å². The SMILES string of the molecule is COC(=O)c1cc(OC)ccc1NC(=O)C(C)CC(=O)O. The van der Waals surface area contributed by atoms with Crippen LogP contribution in [0, 0.1) is 5.92 Å². The second kappa shape index (κ2) is 7.28. The van der Waals surface area contributed by atoms with Gasteiger partial charge in [-0.15, -0.1) is 0 Å². The van der Waals surface area contributed by atoms with E-state index in [0.717, 1.165) is 0 Å². The summed E-state index contributed by atoms with van der Waals surface area (Å²) in [5.41, 5.74) is 0.373. The molecular formula is C14H17NO6. The Labute approximate surface area is 121 Å². The lowest BCUT2D eigenvalue weighted by molar-refractivity contribution is -0.139. The molecule has 0 fully saturated rings. The molecule has 7 nitrogen and oxygen atoms in total. The maximum atomic E-state index is 11.9. The summed E-state index contributed by atoms with van der Waals surface area (Å²) in [5, 5.41) is 11.2. The minimum Gasteiger partial charge on any atom is -0.497 e. The highest BCUT2D eigenvalue weighted by atomic mass is 16.5. The Bertz CT molecular complexity index is 554. The highest BCUT2D eigenvalue weighted by Crippen LogP contribution is 2.23. The predicted molar refractivity (Wildman–Crippen MR) is 74.4 cm³/mol. The summed E-state index contributed by atoms with van der Waals surface area (Å²) in [6.07, 6.45) is -0.296. The van der Waals surface area contributed by atoms with Gasteiger partial charge in [0.1, 0.15) is 5.75 Å². The summed E-state index contributed by atoms with van der Waals surface area (Å²) in [6.45, 7) is 1.49. The van der Waals surface area contributed by atoms with Gasteiger partial charge in [0.05, 0.1) is 31.9 Å². The molecular weight excluding hydrogens is 278 g/mol. The Balaban J connectivity index is 2.99. The molecule has 1 rings (SSSR count). The highest BCUT2D eigenvalue weighted by molar-refractivity contribution is 6.02. The maximum absolute atomic E-state index is 11.9. The van der Waals surface area contributed by atoms with E-state index in [9.17, 15) is 14.4 Å². The van der Waals surface area contributed by atoms with E-state index in [0.29, 0.717) is 5.75 Å². The van der Waals surface area contributed by atoms with Gasteiger partial charge in [-0.2, -0.15) is 0 Å². The lowest BCUT2D eigenvalue weighted by Gasteiger charge is -2.13. The van der Waals surface area contributed by atoms with E-state index in [4.69, 9.17) is 9.84 Å². The van der Waals surface area contributed by atoms with E-state index >= 15 is 0 Å². The molecule has 0 radical (unpaired) electrons. The number of nitrogens with one attached hydrogen (secondary N) is 1. The van der Waals surface area contributed by atoms with Crippen LogP contribution >= 0.6 is 0 Å². The number of hydrogen-bond donors (Lipinski definition) is 2. The van der Waals surface area contributed by atoms with Crippen LogP contribution in [0.25, 0.3) is 0 Å². The molecule has 0 spiro atoms. The third kappa shape index (κ3) is 4.48. The van der Waals surface area contributed by atoms with Crippen LogP contribution < -0.4 is 10.1 Å². The Morgan fingerprint density at radius 1 is 1.29 bits per heavy atom. The number of ether oxygens (including phenoxy) is 2. The largest absolute Gasteiger partial charge is 0.497 e. The standard InChI is InChI=1S/C14H17NO6/c1-8(6-12(16)17)13(18)15-11-5-4-9(20-2)7-10(11)14(19)21-3/h4-5,7-8H,6H2,1-3H3,(H,15,18)(H,16,17). The zero-order valence-corrected chi connectivity index (χ0v) is 12.0. The lowest BCUT2D eigenvalue weighted by atomic mass is 10.1. The fraction of sp³-hybridized carbons (Fsp3) is 0.357. The van der Waals surface area contributed by atoms with Gasteiger partial charge in [-0.1, -0.05) is 6.92 Å². The number of carboxylic acid groups (broad SMARTS) is 1. The summed E-state index contributed by atoms with van der Waals surface area (Å²) in [5.74, 6) is -2.48. The normalized spacial score (nSPS) is 11.4. The van der Waals surface area contributed by atoms with Crippen molar-refractivity contribution in [2.45, 2.75) is 13.3 Å². The van der Waals surface area contributed by atoms with E-state index in [1.807, 2.05) is 0 Å². The van der Waals surface area contributed by atoms with Crippen molar-refractivity contribution in [1.29, 1.82) is 0 Å². The third-order valence-corrected chi connectivity index (χ3v) is 2.82. The van der Waals surface area contributed by atoms with Gasteiger partial charge in [0.2, 0.25) is 5.91 Å². The second-order valence-electron chi connectivity index (χ2n) is 4.39. The Morgan fingerprint density at radius 3 is 2.48 bits per heavy atom. The molecule has 1 aromatic rings. The predicted octanol–water partition coefficient (Wildman–Crippen LogP) is 1.53. The molecule has 7 heteroatoms. The minimum atomic E-state index is -1.07. The molecule has 0 aliphatic rings. The molecule has 1 amide bonds. The molecule has 1 unspecified atom stereocenters. The Hall–Kier alpha value is -2.57. The zero-order chi connectivity index (χ0) is 16.0. The summed E-state index contributed by atoms with van der Waals surface area (Å²) >= 11 is 0. The van der Waals surface area contributed by atoms with Crippen LogP contribution in [-0.4, -0.2) is 37.2 Å². The van der Waals surface area contributed by atoms with Crippen LogP contribution in [0.4, 0.5) is 5.69 Å². The minimum absolute atomic E-state index is 0.132. The first kappa shape index (κ1) is 16.5. The van der Waals surface area contributed by atoms with Crippen LogP contribution in [0.2, 0.25) is 0 Å². The molecule has 2 N–H and O–H groups in total. The summed E-state index contributed by atoms with van der Waals surface area (Å²) in [6, 6.07) is 4.50. The monoisotopic (exact) mass is 295 g/mol. The van der Waals surface area contributed by atoms with Crippen molar-refractivity contribution >= 4 is 23.5 Å². The van der Waals surface area contributed by atoms with Gasteiger partial charge in [0, 0.05) is 5.92 Å². The van der Waals surface area contributed by atoms with Crippen molar-refractivity contribution in [3.8, 4) is 5.75 Å². The number of carbonyl (C=O) groups excluding carboxylic acids is 2. The van der Waals surface area contributed by atoms with Crippen molar-refractivity contribution in [1.82, 2.24) is 0 Å². The van der Waals surface area contributed by atoms with Crippen LogP contribution in [0.15, 0.2) is 18.2 Å². The molecule has 0 aliphatic heterocycles. The van der Waals surface area contributed by atoms with Crippen molar-refractivity contribution in [2.75, 3.05) is 19.5 Å². The van der Waals surface area contributed by atoms with Crippen molar-refractivity contribution in [2.24, 2.45) is 5.92 Å². The molecule has 114 valence electrons. The van der Waals surface area contributed by atoms with Crippen molar-refractivity contribution in [3.05, 3.63) is 23.8 Å². The fourth-order valence-corrected chi connectivity index (χ4v) is 1.65. The third-order valence-electron chi connectivity index (χ3n) is 2.82. The summed E-state index contributed by atoms with van der Waals surface area (Å²) < 4.78 is 9.65. The number of aliphatic carboxylic acids is 1. The first-order chi connectivity index (χ1) is 9.88. The molecule has 0 saturated carbocycles. The molecule has 0 heterocycles. The van der Waals surface area contributed by atoms with Crippen LogP contribution in [-0.2, 0) is 14.3 Å². The molecule has 1 aromatic carbocycles. The number of carboxylic acids is 1. The van der Waals surface area contributed by atoms with Gasteiger partial charge < -0.3 is 19.9 Å². The summed E-state index contributed by atoms with van der Waals surface area (Å²) in [4.78, 5) is 34.2. The Morgan fingerprint density at radius 2 is 1.95 bits per heavy atom. The van der Waals surface area contributed by atoms with E-state index in [2.05, 4.69) is 10.1 Å². The molecule has 0 aromatic heterocycles. The van der Waals surface area contributed by atoms with Gasteiger partial charge in [0.25, 0.3) is 0 Å². The lowest BCUT2D eigenvalue weighted by Crippen LogP contribution is -2.24. The van der Waals surface area contributed by atoms with Crippen molar-refractivity contribution < 1.29 is 29.0 Å². The smallest absolute Gasteiger partial charge is 0.340 e. The van der Waals surface area contributed by atoms with Gasteiger partial charge >= 0.3 is 11.9 Å². The van der Waals surface area contributed by atoms with Crippen LogP contribution in [0.1, 0.15) is 23.7 Å². The number of anilines is 1. The van der Waals surface area contributed by atoms with Gasteiger partial charge in [0.15, 0.2) is 0 Å². The Kier molecular flexibility index (Phi) is 5.71. The van der Waals surface area contributed by atoms with E-state index in [1.165, 1.54) is 33.3 Å². The first-order valence-electron chi connectivity index (χ1n) is 6.18. The molecule has 0 saturated heterocycles. The fourth-order valence-electron chi connectivity index (χ4n) is 1.65. The topological polar surface area (TPSA) is 102 Å².